The summed E-state index contributed by atoms with van der Waals surface area (Å²) in [6, 6.07) is 19.1. The molecule has 122 valence electrons. The number of hydrogen-bond acceptors (Lipinski definition) is 4. The summed E-state index contributed by atoms with van der Waals surface area (Å²) < 4.78 is 1.58. The van der Waals surface area contributed by atoms with Gasteiger partial charge in [0.15, 0.2) is 10.9 Å². The van der Waals surface area contributed by atoms with Crippen molar-refractivity contribution in [2.24, 2.45) is 0 Å². The van der Waals surface area contributed by atoms with Crippen molar-refractivity contribution in [3.63, 3.8) is 0 Å². The van der Waals surface area contributed by atoms with Gasteiger partial charge in [-0.15, -0.1) is 5.10 Å². The third kappa shape index (κ3) is 4.02. The molecule has 0 saturated carbocycles. The van der Waals surface area contributed by atoms with Crippen LogP contribution in [-0.4, -0.2) is 26.3 Å². The highest BCUT2D eigenvalue weighted by atomic mass is 32.2. The van der Waals surface area contributed by atoms with Crippen molar-refractivity contribution in [1.82, 2.24) is 14.8 Å². The summed E-state index contributed by atoms with van der Waals surface area (Å²) in [5.41, 5.74) is 1.57. The number of hydrogen-bond donors (Lipinski definition) is 1. The fourth-order valence-electron chi connectivity index (χ4n) is 2.33. The molecule has 0 aliphatic rings. The zero-order valence-corrected chi connectivity index (χ0v) is 13.8. The van der Waals surface area contributed by atoms with E-state index in [1.165, 1.54) is 11.8 Å². The predicted octanol–water partition coefficient (Wildman–Crippen LogP) is 2.79. The topological polar surface area (TPSA) is 67.8 Å². The first-order chi connectivity index (χ1) is 11.7. The molecule has 3 rings (SSSR count). The lowest BCUT2D eigenvalue weighted by molar-refractivity contribution is 0.102. The molecule has 0 aliphatic heterocycles. The zero-order valence-electron chi connectivity index (χ0n) is 13.0. The average Bonchev–Trinajstić information content (AvgIpc) is 2.99. The van der Waals surface area contributed by atoms with Crippen molar-refractivity contribution in [1.29, 1.82) is 0 Å². The number of carbonyl (C=O) groups is 1. The number of carbonyl (C=O) groups excluding carboxylic acids is 1. The minimum absolute atomic E-state index is 0.0191. The van der Waals surface area contributed by atoms with Gasteiger partial charge in [-0.3, -0.25) is 9.36 Å². The zero-order chi connectivity index (χ0) is 16.8. The number of thioether (sulfide) groups is 1. The molecule has 0 bridgehead atoms. The Kier molecular flexibility index (Phi) is 5.28. The van der Waals surface area contributed by atoms with Gasteiger partial charge in [0.2, 0.25) is 0 Å². The molecule has 3 aromatic rings. The molecule has 0 saturated heterocycles. The fraction of sp³-hybridized carbons (Fsp3) is 0.167. The van der Waals surface area contributed by atoms with Crippen LogP contribution in [0, 0.1) is 0 Å². The van der Waals surface area contributed by atoms with Gasteiger partial charge >= 0.3 is 5.69 Å². The number of Topliss-reactive ketones (excluding diaryl/α,β-unsaturated/α-hetero) is 1. The van der Waals surface area contributed by atoms with Crippen LogP contribution in [-0.2, 0) is 13.0 Å². The number of ketones is 1. The lowest BCUT2D eigenvalue weighted by Crippen LogP contribution is -2.19. The highest BCUT2D eigenvalue weighted by Crippen LogP contribution is 2.16. The van der Waals surface area contributed by atoms with Crippen molar-refractivity contribution < 1.29 is 4.79 Å². The van der Waals surface area contributed by atoms with Gasteiger partial charge in [-0.25, -0.2) is 9.89 Å². The Hall–Kier alpha value is -2.60. The molecule has 1 aromatic heterocycles. The van der Waals surface area contributed by atoms with Crippen LogP contribution in [0.5, 0.6) is 0 Å². The van der Waals surface area contributed by atoms with Gasteiger partial charge in [0.25, 0.3) is 0 Å². The Labute approximate surface area is 143 Å². The van der Waals surface area contributed by atoms with E-state index in [4.69, 9.17) is 0 Å². The number of benzene rings is 2. The van der Waals surface area contributed by atoms with Crippen LogP contribution in [0.3, 0.4) is 0 Å². The Morgan fingerprint density at radius 1 is 1.04 bits per heavy atom. The fourth-order valence-corrected chi connectivity index (χ4v) is 3.20. The maximum atomic E-state index is 12.2. The van der Waals surface area contributed by atoms with Crippen LogP contribution < -0.4 is 5.69 Å². The van der Waals surface area contributed by atoms with Gasteiger partial charge in [-0.05, 0) is 12.0 Å². The summed E-state index contributed by atoms with van der Waals surface area (Å²) >= 11 is 1.28. The molecule has 5 nitrogen and oxygen atoms in total. The highest BCUT2D eigenvalue weighted by Gasteiger charge is 2.12. The van der Waals surface area contributed by atoms with Gasteiger partial charge < -0.3 is 0 Å². The number of aromatic amines is 1. The molecule has 0 radical (unpaired) electrons. The lowest BCUT2D eigenvalue weighted by atomic mass is 10.1. The van der Waals surface area contributed by atoms with Gasteiger partial charge in [0, 0.05) is 12.1 Å². The summed E-state index contributed by atoms with van der Waals surface area (Å²) in [5, 5.41) is 7.03. The molecule has 0 amide bonds. The van der Waals surface area contributed by atoms with Crippen molar-refractivity contribution >= 4 is 17.5 Å². The number of H-pyrrole nitrogens is 1. The summed E-state index contributed by atoms with van der Waals surface area (Å²) in [5.74, 6) is 0.269. The molecule has 1 heterocycles. The summed E-state index contributed by atoms with van der Waals surface area (Å²) in [6.45, 7) is 0.529. The van der Waals surface area contributed by atoms with Crippen LogP contribution >= 0.6 is 11.8 Å². The summed E-state index contributed by atoms with van der Waals surface area (Å²) in [6.07, 6.45) is 0.737. The van der Waals surface area contributed by atoms with Gasteiger partial charge in [-0.2, -0.15) is 0 Å². The summed E-state index contributed by atoms with van der Waals surface area (Å²) in [7, 11) is 0. The van der Waals surface area contributed by atoms with Crippen molar-refractivity contribution in [3.8, 4) is 0 Å². The van der Waals surface area contributed by atoms with Crippen LogP contribution in [0.15, 0.2) is 70.6 Å². The monoisotopic (exact) mass is 339 g/mol. The predicted molar refractivity (Wildman–Crippen MR) is 94.5 cm³/mol. The van der Waals surface area contributed by atoms with Crippen molar-refractivity contribution in [2.75, 3.05) is 5.75 Å². The van der Waals surface area contributed by atoms with E-state index in [0.29, 0.717) is 17.3 Å². The molecular weight excluding hydrogens is 322 g/mol. The molecule has 0 atom stereocenters. The normalized spacial score (nSPS) is 10.7. The Bertz CT molecular complexity index is 857. The minimum atomic E-state index is -0.249. The Balaban J connectivity index is 1.64. The number of aromatic nitrogens is 3. The van der Waals surface area contributed by atoms with Crippen molar-refractivity contribution in [3.05, 3.63) is 82.3 Å². The van der Waals surface area contributed by atoms with Gasteiger partial charge in [-0.1, -0.05) is 72.4 Å². The SMILES string of the molecule is O=C(CSc1n[nH]c(=O)n1CCc1ccccc1)c1ccccc1. The molecule has 2 aromatic carbocycles. The first-order valence-corrected chi connectivity index (χ1v) is 8.63. The largest absolute Gasteiger partial charge is 0.343 e. The smallest absolute Gasteiger partial charge is 0.293 e. The average molecular weight is 339 g/mol. The van der Waals surface area contributed by atoms with Gasteiger partial charge in [0.1, 0.15) is 0 Å². The molecule has 0 unspecified atom stereocenters. The van der Waals surface area contributed by atoms with Crippen LogP contribution in [0.25, 0.3) is 0 Å². The molecule has 1 N–H and O–H groups in total. The number of nitrogens with zero attached hydrogens (tertiary/aromatic N) is 2. The molecule has 0 aliphatic carbocycles. The minimum Gasteiger partial charge on any atom is -0.293 e. The first kappa shape index (κ1) is 16.3. The maximum Gasteiger partial charge on any atom is 0.343 e. The standard InChI is InChI=1S/C18H17N3O2S/c22-16(15-9-5-2-6-10-15)13-24-18-20-19-17(23)21(18)12-11-14-7-3-1-4-8-14/h1-10H,11-13H2,(H,19,23). The second-order valence-corrected chi connectivity index (χ2v) is 6.22. The highest BCUT2D eigenvalue weighted by molar-refractivity contribution is 7.99. The van der Waals surface area contributed by atoms with E-state index < -0.39 is 0 Å². The number of aryl methyl sites for hydroxylation is 1. The quantitative estimate of drug-likeness (QED) is 0.531. The number of rotatable bonds is 7. The van der Waals surface area contributed by atoms with Gasteiger partial charge in [0.05, 0.1) is 5.75 Å². The molecule has 6 heteroatoms. The summed E-state index contributed by atoms with van der Waals surface area (Å²) in [4.78, 5) is 24.1. The van der Waals surface area contributed by atoms with E-state index in [0.717, 1.165) is 12.0 Å². The van der Waals surface area contributed by atoms with E-state index in [1.54, 1.807) is 16.7 Å². The Morgan fingerprint density at radius 3 is 2.42 bits per heavy atom. The second kappa shape index (κ2) is 7.79. The number of nitrogens with one attached hydrogen (secondary N) is 1. The lowest BCUT2D eigenvalue weighted by Gasteiger charge is -2.05. The molecule has 24 heavy (non-hydrogen) atoms. The van der Waals surface area contributed by atoms with E-state index in [-0.39, 0.29) is 17.2 Å². The molecular formula is C18H17N3O2S. The first-order valence-electron chi connectivity index (χ1n) is 7.64. The maximum absolute atomic E-state index is 12.2. The van der Waals surface area contributed by atoms with E-state index in [1.807, 2.05) is 48.5 Å². The Morgan fingerprint density at radius 2 is 1.71 bits per heavy atom. The van der Waals surface area contributed by atoms with Crippen LogP contribution in [0.2, 0.25) is 0 Å². The van der Waals surface area contributed by atoms with Crippen LogP contribution in [0.1, 0.15) is 15.9 Å². The van der Waals surface area contributed by atoms with Crippen molar-refractivity contribution in [2.45, 2.75) is 18.1 Å². The van der Waals surface area contributed by atoms with E-state index >= 15 is 0 Å². The second-order valence-electron chi connectivity index (χ2n) is 5.28. The van der Waals surface area contributed by atoms with E-state index in [9.17, 15) is 9.59 Å². The third-order valence-electron chi connectivity index (χ3n) is 3.62. The molecule has 0 spiro atoms. The molecule has 0 fully saturated rings. The van der Waals surface area contributed by atoms with E-state index in [2.05, 4.69) is 10.2 Å². The third-order valence-corrected chi connectivity index (χ3v) is 4.59. The van der Waals surface area contributed by atoms with Crippen LogP contribution in [0.4, 0.5) is 0 Å².